The maximum atomic E-state index is 12.0. The number of anilines is 1. The average molecular weight is 338 g/mol. The minimum Gasteiger partial charge on any atom is -0.383 e. The number of nitrogens with zero attached hydrogens (tertiary/aromatic N) is 1. The van der Waals surface area contributed by atoms with Gasteiger partial charge in [-0.05, 0) is 29.3 Å². The highest BCUT2D eigenvalue weighted by molar-refractivity contribution is 5.74. The van der Waals surface area contributed by atoms with Crippen LogP contribution in [0.1, 0.15) is 16.7 Å². The molecule has 0 saturated carbocycles. The lowest BCUT2D eigenvalue weighted by Crippen LogP contribution is -2.34. The Hall–Kier alpha value is -3.04. The first-order chi connectivity index (χ1) is 12.2. The van der Waals surface area contributed by atoms with Crippen molar-refractivity contribution in [1.82, 2.24) is 10.6 Å². The highest BCUT2D eigenvalue weighted by Gasteiger charge is 2.05. The number of carbonyl (C=O) groups is 1. The van der Waals surface area contributed by atoms with E-state index in [0.717, 1.165) is 16.8 Å². The molecular weight excluding hydrogens is 316 g/mol. The molecule has 0 aliphatic carbocycles. The zero-order chi connectivity index (χ0) is 17.9. The van der Waals surface area contributed by atoms with Gasteiger partial charge in [0.15, 0.2) is 0 Å². The Kier molecular flexibility index (Phi) is 7.29. The number of ether oxygens (including phenoxy) is 1. The summed E-state index contributed by atoms with van der Waals surface area (Å²) in [7, 11) is 1.66. The van der Waals surface area contributed by atoms with Crippen LogP contribution < -0.4 is 16.0 Å². The number of rotatable bonds is 8. The largest absolute Gasteiger partial charge is 0.383 e. The van der Waals surface area contributed by atoms with Gasteiger partial charge in [0, 0.05) is 32.4 Å². The second kappa shape index (κ2) is 9.96. The zero-order valence-electron chi connectivity index (χ0n) is 14.2. The number of benzene rings is 2. The Morgan fingerprint density at radius 3 is 2.72 bits per heavy atom. The van der Waals surface area contributed by atoms with E-state index in [-0.39, 0.29) is 6.03 Å². The number of urea groups is 1. The van der Waals surface area contributed by atoms with Crippen LogP contribution in [0.15, 0.2) is 48.5 Å². The van der Waals surface area contributed by atoms with E-state index in [0.29, 0.717) is 31.8 Å². The van der Waals surface area contributed by atoms with Crippen molar-refractivity contribution in [2.75, 3.05) is 25.6 Å². The van der Waals surface area contributed by atoms with E-state index in [9.17, 15) is 4.79 Å². The van der Waals surface area contributed by atoms with Gasteiger partial charge in [-0.1, -0.05) is 30.3 Å². The molecule has 0 saturated heterocycles. The summed E-state index contributed by atoms with van der Waals surface area (Å²) in [6.07, 6.45) is 0. The summed E-state index contributed by atoms with van der Waals surface area (Å²) >= 11 is 0. The molecule has 0 fully saturated rings. The molecule has 0 unspecified atom stereocenters. The molecule has 0 radical (unpaired) electrons. The monoisotopic (exact) mass is 338 g/mol. The Bertz CT molecular complexity index is 740. The van der Waals surface area contributed by atoms with Gasteiger partial charge in [0.05, 0.1) is 18.2 Å². The van der Waals surface area contributed by atoms with Crippen molar-refractivity contribution >= 4 is 11.7 Å². The van der Waals surface area contributed by atoms with Crippen LogP contribution >= 0.6 is 0 Å². The summed E-state index contributed by atoms with van der Waals surface area (Å²) in [5.41, 5.74) is 3.44. The summed E-state index contributed by atoms with van der Waals surface area (Å²) < 4.78 is 5.03. The van der Waals surface area contributed by atoms with Gasteiger partial charge >= 0.3 is 6.03 Å². The van der Waals surface area contributed by atoms with Gasteiger partial charge in [-0.2, -0.15) is 5.26 Å². The highest BCUT2D eigenvalue weighted by atomic mass is 16.5. The van der Waals surface area contributed by atoms with Crippen molar-refractivity contribution in [3.05, 3.63) is 65.2 Å². The average Bonchev–Trinajstić information content (AvgIpc) is 2.66. The SMILES string of the molecule is COCCNc1ccccc1CNC(=O)NCc1cccc(C#N)c1. The van der Waals surface area contributed by atoms with Crippen molar-refractivity contribution in [3.63, 3.8) is 0 Å². The fraction of sp³-hybridized carbons (Fsp3) is 0.263. The number of nitrogens with one attached hydrogen (secondary N) is 3. The summed E-state index contributed by atoms with van der Waals surface area (Å²) in [5.74, 6) is 0. The van der Waals surface area contributed by atoms with Crippen LogP contribution in [0.3, 0.4) is 0 Å². The predicted molar refractivity (Wildman–Crippen MR) is 97.0 cm³/mol. The topological polar surface area (TPSA) is 86.2 Å². The molecule has 0 aliphatic heterocycles. The number of methoxy groups -OCH3 is 1. The van der Waals surface area contributed by atoms with Crippen LogP contribution in [-0.2, 0) is 17.8 Å². The lowest BCUT2D eigenvalue weighted by molar-refractivity contribution is 0.210. The van der Waals surface area contributed by atoms with Crippen LogP contribution in [-0.4, -0.2) is 26.3 Å². The second-order valence-corrected chi connectivity index (χ2v) is 5.43. The van der Waals surface area contributed by atoms with Crippen molar-refractivity contribution in [1.29, 1.82) is 5.26 Å². The minimum absolute atomic E-state index is 0.256. The van der Waals surface area contributed by atoms with Gasteiger partial charge < -0.3 is 20.7 Å². The second-order valence-electron chi connectivity index (χ2n) is 5.43. The minimum atomic E-state index is -0.256. The summed E-state index contributed by atoms with van der Waals surface area (Å²) in [6.45, 7) is 2.11. The molecule has 0 aliphatic rings. The van der Waals surface area contributed by atoms with Crippen LogP contribution in [0.4, 0.5) is 10.5 Å². The molecule has 6 nitrogen and oxygen atoms in total. The molecule has 2 amide bonds. The molecule has 0 bridgehead atoms. The fourth-order valence-electron chi connectivity index (χ4n) is 2.31. The lowest BCUT2D eigenvalue weighted by Gasteiger charge is -2.13. The van der Waals surface area contributed by atoms with E-state index >= 15 is 0 Å². The third-order valence-electron chi connectivity index (χ3n) is 3.59. The molecule has 0 aromatic heterocycles. The number of carbonyl (C=O) groups excluding carboxylic acids is 1. The maximum Gasteiger partial charge on any atom is 0.315 e. The summed E-state index contributed by atoms with van der Waals surface area (Å²) in [4.78, 5) is 12.0. The molecule has 130 valence electrons. The third kappa shape index (κ3) is 6.16. The van der Waals surface area contributed by atoms with Gasteiger partial charge in [0.1, 0.15) is 0 Å². The molecule has 3 N–H and O–H groups in total. The van der Waals surface area contributed by atoms with Gasteiger partial charge in [0.25, 0.3) is 0 Å². The number of hydrogen-bond donors (Lipinski definition) is 3. The molecule has 0 atom stereocenters. The van der Waals surface area contributed by atoms with Crippen LogP contribution in [0, 0.1) is 11.3 Å². The first kappa shape index (κ1) is 18.3. The molecule has 0 heterocycles. The van der Waals surface area contributed by atoms with E-state index in [1.165, 1.54) is 0 Å². The third-order valence-corrected chi connectivity index (χ3v) is 3.59. The molecule has 2 aromatic rings. The molecule has 2 aromatic carbocycles. The Morgan fingerprint density at radius 2 is 1.92 bits per heavy atom. The van der Waals surface area contributed by atoms with Crippen molar-refractivity contribution in [2.24, 2.45) is 0 Å². The van der Waals surface area contributed by atoms with Crippen LogP contribution in [0.25, 0.3) is 0 Å². The zero-order valence-corrected chi connectivity index (χ0v) is 14.2. The fourth-order valence-corrected chi connectivity index (χ4v) is 2.31. The predicted octanol–water partition coefficient (Wildman–Crippen LogP) is 2.62. The lowest BCUT2D eigenvalue weighted by atomic mass is 10.1. The van der Waals surface area contributed by atoms with Crippen molar-refractivity contribution in [3.8, 4) is 6.07 Å². The summed E-state index contributed by atoms with van der Waals surface area (Å²) in [5, 5.41) is 17.8. The standard InChI is InChI=1S/C19H22N4O2/c1-25-10-9-21-18-8-3-2-7-17(18)14-23-19(24)22-13-16-6-4-5-15(11-16)12-20/h2-8,11,21H,9-10,13-14H2,1H3,(H2,22,23,24). The molecular formula is C19H22N4O2. The number of hydrogen-bond acceptors (Lipinski definition) is 4. The molecule has 0 spiro atoms. The van der Waals surface area contributed by atoms with Gasteiger partial charge in [-0.25, -0.2) is 4.79 Å². The Morgan fingerprint density at radius 1 is 1.12 bits per heavy atom. The van der Waals surface area contributed by atoms with E-state index in [2.05, 4.69) is 22.0 Å². The maximum absolute atomic E-state index is 12.0. The molecule has 2 rings (SSSR count). The van der Waals surface area contributed by atoms with E-state index in [4.69, 9.17) is 10.00 Å². The number of amides is 2. The smallest absolute Gasteiger partial charge is 0.315 e. The molecule has 25 heavy (non-hydrogen) atoms. The highest BCUT2D eigenvalue weighted by Crippen LogP contribution is 2.14. The number of nitriles is 1. The van der Waals surface area contributed by atoms with E-state index in [1.807, 2.05) is 30.3 Å². The molecule has 6 heteroatoms. The quantitative estimate of drug-likeness (QED) is 0.646. The first-order valence-corrected chi connectivity index (χ1v) is 8.04. The van der Waals surface area contributed by atoms with E-state index < -0.39 is 0 Å². The Labute approximate surface area is 147 Å². The van der Waals surface area contributed by atoms with Gasteiger partial charge in [0.2, 0.25) is 0 Å². The summed E-state index contributed by atoms with van der Waals surface area (Å²) in [6, 6.07) is 16.8. The van der Waals surface area contributed by atoms with Crippen molar-refractivity contribution in [2.45, 2.75) is 13.1 Å². The number of para-hydroxylation sites is 1. The van der Waals surface area contributed by atoms with E-state index in [1.54, 1.807) is 25.3 Å². The normalized spacial score (nSPS) is 9.92. The van der Waals surface area contributed by atoms with Gasteiger partial charge in [-0.15, -0.1) is 0 Å². The van der Waals surface area contributed by atoms with Crippen LogP contribution in [0.2, 0.25) is 0 Å². The Balaban J connectivity index is 1.82. The van der Waals surface area contributed by atoms with Crippen LogP contribution in [0.5, 0.6) is 0 Å². The van der Waals surface area contributed by atoms with Crippen molar-refractivity contribution < 1.29 is 9.53 Å². The first-order valence-electron chi connectivity index (χ1n) is 8.04. The van der Waals surface area contributed by atoms with Gasteiger partial charge in [-0.3, -0.25) is 0 Å².